The molecule has 1 aromatic heterocycles. The molecule has 0 fully saturated rings. The van der Waals surface area contributed by atoms with Gasteiger partial charge in [0, 0.05) is 16.7 Å². The first-order chi connectivity index (χ1) is 12.2. The van der Waals surface area contributed by atoms with Gasteiger partial charge in [0.2, 0.25) is 0 Å². The lowest BCUT2D eigenvalue weighted by Crippen LogP contribution is -2.42. The minimum atomic E-state index is -0.281. The minimum absolute atomic E-state index is 0.0990. The van der Waals surface area contributed by atoms with Crippen LogP contribution in [-0.4, -0.2) is 23.7 Å². The Balaban J connectivity index is 1.45. The van der Waals surface area contributed by atoms with Crippen LogP contribution in [0.1, 0.15) is 16.1 Å². The number of nitrogens with zero attached hydrogens (tertiary/aromatic N) is 1. The van der Waals surface area contributed by atoms with E-state index in [0.29, 0.717) is 17.4 Å². The van der Waals surface area contributed by atoms with Crippen LogP contribution in [0.2, 0.25) is 5.02 Å². The Morgan fingerprint density at radius 1 is 1.16 bits per heavy atom. The quantitative estimate of drug-likeness (QED) is 0.778. The van der Waals surface area contributed by atoms with Gasteiger partial charge in [0.05, 0.1) is 6.04 Å². The van der Waals surface area contributed by atoms with Gasteiger partial charge in [-0.15, -0.1) is 0 Å². The van der Waals surface area contributed by atoms with Crippen LogP contribution in [0.4, 0.5) is 0 Å². The third-order valence-electron chi connectivity index (χ3n) is 4.09. The van der Waals surface area contributed by atoms with Crippen molar-refractivity contribution in [3.8, 4) is 17.1 Å². The van der Waals surface area contributed by atoms with Gasteiger partial charge in [-0.05, 0) is 42.3 Å². The van der Waals surface area contributed by atoms with Gasteiger partial charge in [0.15, 0.2) is 11.5 Å². The molecule has 3 aromatic rings. The number of aromatic nitrogens is 1. The number of carbonyl (C=O) groups excluding carboxylic acids is 1. The Morgan fingerprint density at radius 2 is 1.96 bits per heavy atom. The van der Waals surface area contributed by atoms with E-state index in [4.69, 9.17) is 20.9 Å². The molecule has 126 valence electrons. The van der Waals surface area contributed by atoms with Crippen molar-refractivity contribution >= 4 is 17.5 Å². The lowest BCUT2D eigenvalue weighted by Gasteiger charge is -2.25. The third kappa shape index (κ3) is 3.37. The van der Waals surface area contributed by atoms with Gasteiger partial charge >= 0.3 is 0 Å². The number of carbonyl (C=O) groups is 1. The first-order valence-corrected chi connectivity index (χ1v) is 8.31. The smallest absolute Gasteiger partial charge is 0.273 e. The molecule has 2 aromatic carbocycles. The Morgan fingerprint density at radius 3 is 2.80 bits per heavy atom. The number of amides is 1. The van der Waals surface area contributed by atoms with Crippen LogP contribution in [0, 0.1) is 0 Å². The van der Waals surface area contributed by atoms with Gasteiger partial charge in [0.25, 0.3) is 5.91 Å². The fourth-order valence-electron chi connectivity index (χ4n) is 2.81. The molecule has 1 aliphatic rings. The van der Waals surface area contributed by atoms with Crippen LogP contribution < -0.4 is 10.1 Å². The Labute approximate surface area is 149 Å². The largest absolute Gasteiger partial charge is 0.491 e. The van der Waals surface area contributed by atoms with Gasteiger partial charge in [0.1, 0.15) is 12.4 Å². The summed E-state index contributed by atoms with van der Waals surface area (Å²) < 4.78 is 11.0. The second-order valence-electron chi connectivity index (χ2n) is 5.88. The SMILES string of the molecule is O=C(N[C@@H]1COc2ccccc2C1)c1cc(-c2ccc(Cl)cc2)on1. The molecule has 0 saturated heterocycles. The lowest BCUT2D eigenvalue weighted by molar-refractivity contribution is 0.0906. The number of hydrogen-bond acceptors (Lipinski definition) is 4. The highest BCUT2D eigenvalue weighted by Gasteiger charge is 2.23. The molecule has 5 nitrogen and oxygen atoms in total. The topological polar surface area (TPSA) is 64.4 Å². The van der Waals surface area contributed by atoms with Gasteiger partial charge in [-0.1, -0.05) is 35.0 Å². The van der Waals surface area contributed by atoms with Crippen LogP contribution in [0.3, 0.4) is 0 Å². The van der Waals surface area contributed by atoms with E-state index in [2.05, 4.69) is 10.5 Å². The molecule has 1 aliphatic heterocycles. The summed E-state index contributed by atoms with van der Waals surface area (Å²) in [6, 6.07) is 16.5. The lowest BCUT2D eigenvalue weighted by atomic mass is 10.0. The van der Waals surface area contributed by atoms with Crippen LogP contribution in [0.15, 0.2) is 59.1 Å². The molecule has 1 N–H and O–H groups in total. The van der Waals surface area contributed by atoms with Crippen molar-refractivity contribution in [2.45, 2.75) is 12.5 Å². The van der Waals surface area contributed by atoms with Gasteiger partial charge < -0.3 is 14.6 Å². The summed E-state index contributed by atoms with van der Waals surface area (Å²) >= 11 is 5.88. The van der Waals surface area contributed by atoms with Crippen molar-refractivity contribution in [2.24, 2.45) is 0 Å². The summed E-state index contributed by atoms with van der Waals surface area (Å²) in [6.45, 7) is 0.435. The average Bonchev–Trinajstić information content (AvgIpc) is 3.12. The molecule has 2 heterocycles. The molecule has 4 rings (SSSR count). The van der Waals surface area contributed by atoms with Gasteiger partial charge in [-0.2, -0.15) is 0 Å². The maximum absolute atomic E-state index is 12.4. The van der Waals surface area contributed by atoms with Crippen LogP contribution in [-0.2, 0) is 6.42 Å². The highest BCUT2D eigenvalue weighted by molar-refractivity contribution is 6.30. The monoisotopic (exact) mass is 354 g/mol. The molecule has 25 heavy (non-hydrogen) atoms. The summed E-state index contributed by atoms with van der Waals surface area (Å²) in [5.74, 6) is 1.11. The number of nitrogens with one attached hydrogen (secondary N) is 1. The Kier molecular flexibility index (Phi) is 4.15. The summed E-state index contributed by atoms with van der Waals surface area (Å²) in [6.07, 6.45) is 0.726. The molecule has 6 heteroatoms. The van der Waals surface area contributed by atoms with E-state index < -0.39 is 0 Å². The summed E-state index contributed by atoms with van der Waals surface area (Å²) in [5, 5.41) is 7.44. The number of ether oxygens (including phenoxy) is 1. The van der Waals surface area contributed by atoms with Crippen molar-refractivity contribution in [3.63, 3.8) is 0 Å². The molecule has 0 saturated carbocycles. The third-order valence-corrected chi connectivity index (χ3v) is 4.34. The maximum Gasteiger partial charge on any atom is 0.273 e. The molecule has 0 unspecified atom stereocenters. The molecule has 1 atom stereocenters. The van der Waals surface area contributed by atoms with Crippen molar-refractivity contribution < 1.29 is 14.1 Å². The first kappa shape index (κ1) is 15.7. The normalized spacial score (nSPS) is 16.0. The fourth-order valence-corrected chi connectivity index (χ4v) is 2.94. The standard InChI is InChI=1S/C19H15ClN2O3/c20-14-7-5-12(6-8-14)18-10-16(22-25-18)19(23)21-15-9-13-3-1-2-4-17(13)24-11-15/h1-8,10,15H,9,11H2,(H,21,23)/t15-/m0/s1. The zero-order chi connectivity index (χ0) is 17.2. The summed E-state index contributed by atoms with van der Waals surface area (Å²) in [4.78, 5) is 12.4. The van der Waals surface area contributed by atoms with E-state index in [1.807, 2.05) is 36.4 Å². The van der Waals surface area contributed by atoms with E-state index in [9.17, 15) is 4.79 Å². The molecule has 0 aliphatic carbocycles. The van der Waals surface area contributed by atoms with Gasteiger partial charge in [-0.25, -0.2) is 0 Å². The van der Waals surface area contributed by atoms with E-state index in [1.165, 1.54) is 0 Å². The van der Waals surface area contributed by atoms with Crippen LogP contribution >= 0.6 is 11.6 Å². The van der Waals surface area contributed by atoms with Crippen molar-refractivity contribution in [3.05, 3.63) is 70.9 Å². The number of benzene rings is 2. The summed E-state index contributed by atoms with van der Waals surface area (Å²) in [5.41, 5.74) is 2.13. The highest BCUT2D eigenvalue weighted by atomic mass is 35.5. The Hall–Kier alpha value is -2.79. The Bertz CT molecular complexity index is 905. The minimum Gasteiger partial charge on any atom is -0.491 e. The number of fused-ring (bicyclic) bond motifs is 1. The number of para-hydroxylation sites is 1. The molecule has 0 spiro atoms. The zero-order valence-corrected chi connectivity index (χ0v) is 14.0. The van der Waals surface area contributed by atoms with E-state index >= 15 is 0 Å². The van der Waals surface area contributed by atoms with E-state index in [1.54, 1.807) is 18.2 Å². The second kappa shape index (κ2) is 6.61. The predicted octanol–water partition coefficient (Wildman–Crippen LogP) is 3.73. The van der Waals surface area contributed by atoms with Crippen molar-refractivity contribution in [1.82, 2.24) is 10.5 Å². The zero-order valence-electron chi connectivity index (χ0n) is 13.2. The van der Waals surface area contributed by atoms with Crippen molar-refractivity contribution in [2.75, 3.05) is 6.61 Å². The highest BCUT2D eigenvalue weighted by Crippen LogP contribution is 2.25. The van der Waals surface area contributed by atoms with Crippen LogP contribution in [0.5, 0.6) is 5.75 Å². The number of halogens is 1. The molecular formula is C19H15ClN2O3. The molecule has 0 bridgehead atoms. The molecule has 0 radical (unpaired) electrons. The van der Waals surface area contributed by atoms with E-state index in [-0.39, 0.29) is 17.6 Å². The second-order valence-corrected chi connectivity index (χ2v) is 6.31. The summed E-state index contributed by atoms with van der Waals surface area (Å²) in [7, 11) is 0. The molecule has 1 amide bonds. The average molecular weight is 355 g/mol. The first-order valence-electron chi connectivity index (χ1n) is 7.93. The van der Waals surface area contributed by atoms with E-state index in [0.717, 1.165) is 23.3 Å². The fraction of sp³-hybridized carbons (Fsp3) is 0.158. The molecular weight excluding hydrogens is 340 g/mol. The number of rotatable bonds is 3. The maximum atomic E-state index is 12.4. The predicted molar refractivity (Wildman–Crippen MR) is 93.8 cm³/mol. The number of hydrogen-bond donors (Lipinski definition) is 1. The van der Waals surface area contributed by atoms with Crippen LogP contribution in [0.25, 0.3) is 11.3 Å². The van der Waals surface area contributed by atoms with Gasteiger partial charge in [-0.3, -0.25) is 4.79 Å². The van der Waals surface area contributed by atoms with Crippen molar-refractivity contribution in [1.29, 1.82) is 0 Å².